The van der Waals surface area contributed by atoms with Crippen LogP contribution in [0.2, 0.25) is 0 Å². The number of anilines is 1. The highest BCUT2D eigenvalue weighted by Crippen LogP contribution is 2.18. The average molecular weight is 180 g/mol. The van der Waals surface area contributed by atoms with Crippen molar-refractivity contribution in [2.75, 3.05) is 19.2 Å². The van der Waals surface area contributed by atoms with Crippen molar-refractivity contribution in [2.45, 2.75) is 0 Å². The van der Waals surface area contributed by atoms with E-state index < -0.39 is 5.97 Å². The summed E-state index contributed by atoms with van der Waals surface area (Å²) in [5, 5.41) is 11.6. The first-order chi connectivity index (χ1) is 6.16. The second-order valence-electron chi connectivity index (χ2n) is 2.51. The number of carbonyl (C=O) groups excluding carboxylic acids is 1. The molecule has 0 aliphatic rings. The van der Waals surface area contributed by atoms with Crippen molar-refractivity contribution >= 4 is 11.7 Å². The molecule has 0 aromatic heterocycles. The average Bonchev–Trinajstić information content (AvgIpc) is 2.16. The molecule has 0 fully saturated rings. The summed E-state index contributed by atoms with van der Waals surface area (Å²) in [6, 6.07) is 6.49. The van der Waals surface area contributed by atoms with E-state index in [1.54, 1.807) is 24.3 Å². The Morgan fingerprint density at radius 3 is 2.54 bits per heavy atom. The van der Waals surface area contributed by atoms with Crippen LogP contribution >= 0.6 is 0 Å². The molecule has 0 aliphatic heterocycles. The largest absolute Gasteiger partial charge is 0.465 e. The molecule has 0 atom stereocenters. The van der Waals surface area contributed by atoms with Gasteiger partial charge in [-0.25, -0.2) is 9.86 Å². The van der Waals surface area contributed by atoms with E-state index in [1.165, 1.54) is 14.2 Å². The molecule has 0 saturated heterocycles. The van der Waals surface area contributed by atoms with Crippen LogP contribution in [0.25, 0.3) is 0 Å². The van der Waals surface area contributed by atoms with Crippen LogP contribution in [0.3, 0.4) is 0 Å². The third-order valence-electron chi connectivity index (χ3n) is 1.65. The van der Waals surface area contributed by atoms with Gasteiger partial charge in [0.25, 0.3) is 0 Å². The minimum Gasteiger partial charge on any atom is -0.465 e. The van der Waals surface area contributed by atoms with E-state index in [-0.39, 0.29) is 5.56 Å². The topological polar surface area (TPSA) is 49.4 Å². The number of benzene rings is 1. The number of esters is 1. The minimum atomic E-state index is -0.502. The fraction of sp³-hybridized carbons (Fsp3) is 0.222. The number of nitrogens with zero attached hydrogens (tertiary/aromatic N) is 1. The minimum absolute atomic E-state index is 0.280. The molecule has 0 heterocycles. The van der Waals surface area contributed by atoms with Crippen LogP contribution in [0.15, 0.2) is 24.3 Å². The summed E-state index contributed by atoms with van der Waals surface area (Å²) in [6.45, 7) is 0. The van der Waals surface area contributed by atoms with Gasteiger partial charge in [0.15, 0.2) is 0 Å². The monoisotopic (exact) mass is 180 g/mol. The molecule has 69 valence electrons. The van der Waals surface area contributed by atoms with Gasteiger partial charge in [0, 0.05) is 7.05 Å². The quantitative estimate of drug-likeness (QED) is 0.508. The summed E-state index contributed by atoms with van der Waals surface area (Å²) in [5.41, 5.74) is 0.594. The molecule has 0 spiro atoms. The second-order valence-corrected chi connectivity index (χ2v) is 2.51. The molecule has 13 heavy (non-hydrogen) atoms. The molecule has 0 bridgehead atoms. The number of hydrogen-bond donors (Lipinski definition) is 0. The van der Waals surface area contributed by atoms with Crippen molar-refractivity contribution < 1.29 is 14.7 Å². The van der Waals surface area contributed by atoms with Gasteiger partial charge in [-0.05, 0) is 12.1 Å². The Kier molecular flexibility index (Phi) is 2.87. The highest BCUT2D eigenvalue weighted by Gasteiger charge is 2.13. The van der Waals surface area contributed by atoms with Gasteiger partial charge in [-0.2, -0.15) is 0 Å². The van der Waals surface area contributed by atoms with Gasteiger partial charge >= 0.3 is 5.97 Å². The standard InChI is InChI=1S/C9H10NO3/c1-10(12)8-6-4-3-5-7(8)9(11)13-2/h3-6H,1-2H3. The van der Waals surface area contributed by atoms with Crippen LogP contribution < -0.4 is 5.06 Å². The van der Waals surface area contributed by atoms with E-state index in [9.17, 15) is 10.0 Å². The number of para-hydroxylation sites is 1. The van der Waals surface area contributed by atoms with Crippen molar-refractivity contribution in [1.82, 2.24) is 0 Å². The smallest absolute Gasteiger partial charge is 0.340 e. The molecule has 1 aromatic carbocycles. The summed E-state index contributed by atoms with van der Waals surface area (Å²) < 4.78 is 4.52. The predicted octanol–water partition coefficient (Wildman–Crippen LogP) is 1.25. The van der Waals surface area contributed by atoms with Gasteiger partial charge in [-0.15, -0.1) is 0 Å². The van der Waals surface area contributed by atoms with E-state index in [1.807, 2.05) is 0 Å². The predicted molar refractivity (Wildman–Crippen MR) is 46.9 cm³/mol. The van der Waals surface area contributed by atoms with Crippen molar-refractivity contribution in [2.24, 2.45) is 0 Å². The highest BCUT2D eigenvalue weighted by molar-refractivity contribution is 5.95. The summed E-state index contributed by atoms with van der Waals surface area (Å²) in [6.07, 6.45) is 0. The van der Waals surface area contributed by atoms with Gasteiger partial charge in [-0.3, -0.25) is 0 Å². The first-order valence-electron chi connectivity index (χ1n) is 3.75. The van der Waals surface area contributed by atoms with Crippen LogP contribution in [0.1, 0.15) is 10.4 Å². The Morgan fingerprint density at radius 1 is 1.38 bits per heavy atom. The maximum Gasteiger partial charge on any atom is 0.340 e. The van der Waals surface area contributed by atoms with Gasteiger partial charge in [0.1, 0.15) is 0 Å². The van der Waals surface area contributed by atoms with Crippen molar-refractivity contribution in [3.8, 4) is 0 Å². The second kappa shape index (κ2) is 3.91. The van der Waals surface area contributed by atoms with Gasteiger partial charge in [-0.1, -0.05) is 17.3 Å². The fourth-order valence-electron chi connectivity index (χ4n) is 1.03. The summed E-state index contributed by atoms with van der Waals surface area (Å²) in [4.78, 5) is 11.2. The van der Waals surface area contributed by atoms with Crippen molar-refractivity contribution in [3.05, 3.63) is 29.8 Å². The van der Waals surface area contributed by atoms with Crippen LogP contribution in [0.5, 0.6) is 0 Å². The van der Waals surface area contributed by atoms with E-state index in [4.69, 9.17) is 0 Å². The number of carbonyl (C=O) groups is 1. The molecule has 0 amide bonds. The molecule has 0 unspecified atom stereocenters. The maximum absolute atomic E-state index is 11.2. The van der Waals surface area contributed by atoms with Crippen LogP contribution in [0, 0.1) is 0 Å². The normalized spacial score (nSPS) is 9.46. The summed E-state index contributed by atoms with van der Waals surface area (Å²) >= 11 is 0. The van der Waals surface area contributed by atoms with E-state index in [0.29, 0.717) is 10.8 Å². The van der Waals surface area contributed by atoms with Crippen LogP contribution in [-0.2, 0) is 9.94 Å². The number of rotatable bonds is 2. The highest BCUT2D eigenvalue weighted by atomic mass is 16.5. The number of hydroxylamine groups is 1. The Hall–Kier alpha value is -1.55. The summed E-state index contributed by atoms with van der Waals surface area (Å²) in [7, 11) is 2.62. The van der Waals surface area contributed by atoms with E-state index in [0.717, 1.165) is 0 Å². The Labute approximate surface area is 76.3 Å². The van der Waals surface area contributed by atoms with Crippen LogP contribution in [0.4, 0.5) is 5.69 Å². The van der Waals surface area contributed by atoms with Gasteiger partial charge in [0.2, 0.25) is 0 Å². The van der Waals surface area contributed by atoms with Crippen LogP contribution in [-0.4, -0.2) is 20.1 Å². The Balaban J connectivity index is 3.12. The molecule has 1 radical (unpaired) electrons. The first kappa shape index (κ1) is 9.54. The zero-order chi connectivity index (χ0) is 9.84. The molecule has 0 saturated carbocycles. The number of ether oxygens (including phenoxy) is 1. The molecular weight excluding hydrogens is 170 g/mol. The Bertz CT molecular complexity index is 309. The lowest BCUT2D eigenvalue weighted by Gasteiger charge is -2.10. The molecule has 4 nitrogen and oxygen atoms in total. The van der Waals surface area contributed by atoms with Gasteiger partial charge in [0.05, 0.1) is 18.4 Å². The molecule has 0 N–H and O–H groups in total. The molecule has 1 aromatic rings. The number of hydrogen-bond acceptors (Lipinski definition) is 3. The number of methoxy groups -OCH3 is 1. The maximum atomic E-state index is 11.2. The first-order valence-corrected chi connectivity index (χ1v) is 3.75. The van der Waals surface area contributed by atoms with E-state index in [2.05, 4.69) is 4.74 Å². The van der Waals surface area contributed by atoms with Crippen molar-refractivity contribution in [1.29, 1.82) is 0 Å². The third kappa shape index (κ3) is 1.97. The molecule has 1 rings (SSSR count). The molecule has 0 aliphatic carbocycles. The van der Waals surface area contributed by atoms with Gasteiger partial charge < -0.3 is 4.74 Å². The lowest BCUT2D eigenvalue weighted by atomic mass is 10.2. The zero-order valence-corrected chi connectivity index (χ0v) is 7.48. The Morgan fingerprint density at radius 2 is 2.00 bits per heavy atom. The third-order valence-corrected chi connectivity index (χ3v) is 1.65. The SMILES string of the molecule is COC(=O)c1ccccc1N(C)[O]. The summed E-state index contributed by atoms with van der Waals surface area (Å²) in [5.74, 6) is -0.502. The lowest BCUT2D eigenvalue weighted by Crippen LogP contribution is -2.13. The fourth-order valence-corrected chi connectivity index (χ4v) is 1.03. The molecule has 4 heteroatoms. The van der Waals surface area contributed by atoms with Crippen molar-refractivity contribution in [3.63, 3.8) is 0 Å². The van der Waals surface area contributed by atoms with E-state index >= 15 is 0 Å². The molecular formula is C9H10NO3. The lowest BCUT2D eigenvalue weighted by molar-refractivity contribution is 0.0598. The zero-order valence-electron chi connectivity index (χ0n) is 7.48.